The molecule has 26 heavy (non-hydrogen) atoms. The van der Waals surface area contributed by atoms with Gasteiger partial charge in [-0.2, -0.15) is 0 Å². The smallest absolute Gasteiger partial charge is 0.213 e. The number of guanidine groups is 1. The number of anilines is 1. The molecule has 3 rings (SSSR count). The van der Waals surface area contributed by atoms with Crippen LogP contribution in [0.4, 0.5) is 5.00 Å². The third kappa shape index (κ3) is 4.88. The van der Waals surface area contributed by atoms with Crippen molar-refractivity contribution in [3.05, 3.63) is 41.4 Å². The lowest BCUT2D eigenvalue weighted by Gasteiger charge is -2.37. The van der Waals surface area contributed by atoms with E-state index in [1.165, 1.54) is 5.00 Å². The van der Waals surface area contributed by atoms with Crippen LogP contribution in [0.5, 0.6) is 5.88 Å². The number of thiophene rings is 1. The quantitative estimate of drug-likeness (QED) is 0.645. The van der Waals surface area contributed by atoms with Crippen molar-refractivity contribution < 1.29 is 4.74 Å². The zero-order valence-electron chi connectivity index (χ0n) is 15.7. The summed E-state index contributed by atoms with van der Waals surface area (Å²) in [5.41, 5.74) is 1.11. The molecule has 1 aliphatic rings. The predicted octanol–water partition coefficient (Wildman–Crippen LogP) is 2.83. The molecular weight excluding hydrogens is 346 g/mol. The van der Waals surface area contributed by atoms with E-state index in [1.807, 2.05) is 39.2 Å². The minimum absolute atomic E-state index is 0.137. The second-order valence-corrected chi connectivity index (χ2v) is 7.42. The SMILES string of the molecule is CN=C(NCc1ccc(OC(C)C)nc1)N1CCN(c2cccs2)CC1. The van der Waals surface area contributed by atoms with Crippen LogP contribution in [0, 0.1) is 0 Å². The van der Waals surface area contributed by atoms with Gasteiger partial charge >= 0.3 is 0 Å². The third-order valence-corrected chi connectivity index (χ3v) is 5.14. The third-order valence-electron chi connectivity index (χ3n) is 4.21. The van der Waals surface area contributed by atoms with Crippen LogP contribution in [0.3, 0.4) is 0 Å². The van der Waals surface area contributed by atoms with E-state index in [2.05, 4.69) is 42.6 Å². The van der Waals surface area contributed by atoms with Gasteiger partial charge in [0.1, 0.15) is 0 Å². The van der Waals surface area contributed by atoms with Crippen LogP contribution in [0.1, 0.15) is 19.4 Å². The highest BCUT2D eigenvalue weighted by molar-refractivity contribution is 7.14. The lowest BCUT2D eigenvalue weighted by molar-refractivity contribution is 0.232. The molecule has 2 aromatic heterocycles. The summed E-state index contributed by atoms with van der Waals surface area (Å²) in [5.74, 6) is 1.61. The summed E-state index contributed by atoms with van der Waals surface area (Å²) in [6.45, 7) is 8.67. The Morgan fingerprint density at radius 2 is 2.08 bits per heavy atom. The van der Waals surface area contributed by atoms with Crippen LogP contribution < -0.4 is 15.0 Å². The van der Waals surface area contributed by atoms with Crippen LogP contribution in [0.2, 0.25) is 0 Å². The van der Waals surface area contributed by atoms with Crippen molar-refractivity contribution in [2.24, 2.45) is 4.99 Å². The van der Waals surface area contributed by atoms with Crippen LogP contribution in [0.25, 0.3) is 0 Å². The first-order valence-corrected chi connectivity index (χ1v) is 9.89. The summed E-state index contributed by atoms with van der Waals surface area (Å²) in [6, 6.07) is 8.25. The lowest BCUT2D eigenvalue weighted by atomic mass is 10.3. The van der Waals surface area contributed by atoms with Gasteiger partial charge in [-0.25, -0.2) is 4.98 Å². The van der Waals surface area contributed by atoms with Crippen molar-refractivity contribution in [1.82, 2.24) is 15.2 Å². The monoisotopic (exact) mass is 373 g/mol. The molecule has 0 saturated carbocycles. The number of aromatic nitrogens is 1. The van der Waals surface area contributed by atoms with E-state index < -0.39 is 0 Å². The van der Waals surface area contributed by atoms with Crippen molar-refractivity contribution in [1.29, 1.82) is 0 Å². The molecule has 6 nitrogen and oxygen atoms in total. The fourth-order valence-corrected chi connectivity index (χ4v) is 3.71. The molecule has 2 aromatic rings. The first-order chi connectivity index (χ1) is 12.7. The summed E-state index contributed by atoms with van der Waals surface area (Å²) in [4.78, 5) is 13.5. The highest BCUT2D eigenvalue weighted by Crippen LogP contribution is 2.22. The number of pyridine rings is 1. The van der Waals surface area contributed by atoms with Gasteiger partial charge in [0.05, 0.1) is 11.1 Å². The molecule has 1 aliphatic heterocycles. The molecule has 0 unspecified atom stereocenters. The molecule has 7 heteroatoms. The largest absolute Gasteiger partial charge is 0.475 e. The van der Waals surface area contributed by atoms with Crippen molar-refractivity contribution >= 4 is 22.3 Å². The van der Waals surface area contributed by atoms with E-state index in [9.17, 15) is 0 Å². The molecule has 0 bridgehead atoms. The number of piperazine rings is 1. The second-order valence-electron chi connectivity index (χ2n) is 6.50. The van der Waals surface area contributed by atoms with E-state index in [-0.39, 0.29) is 6.10 Å². The summed E-state index contributed by atoms with van der Waals surface area (Å²) in [7, 11) is 1.84. The summed E-state index contributed by atoms with van der Waals surface area (Å²) in [5, 5.41) is 6.93. The molecule has 1 saturated heterocycles. The van der Waals surface area contributed by atoms with Gasteiger partial charge < -0.3 is 19.9 Å². The van der Waals surface area contributed by atoms with Crippen LogP contribution >= 0.6 is 11.3 Å². The zero-order chi connectivity index (χ0) is 18.4. The van der Waals surface area contributed by atoms with Crippen molar-refractivity contribution in [3.8, 4) is 5.88 Å². The maximum absolute atomic E-state index is 5.58. The predicted molar refractivity (Wildman–Crippen MR) is 108 cm³/mol. The highest BCUT2D eigenvalue weighted by atomic mass is 32.1. The number of hydrogen-bond acceptors (Lipinski definition) is 5. The number of nitrogens with zero attached hydrogens (tertiary/aromatic N) is 4. The molecule has 0 radical (unpaired) electrons. The summed E-state index contributed by atoms with van der Waals surface area (Å²) < 4.78 is 5.58. The average molecular weight is 374 g/mol. The minimum Gasteiger partial charge on any atom is -0.475 e. The Morgan fingerprint density at radius 1 is 1.27 bits per heavy atom. The van der Waals surface area contributed by atoms with Gasteiger partial charge in [-0.3, -0.25) is 4.99 Å². The Balaban J connectivity index is 1.49. The molecular formula is C19H27N5OS. The Labute approximate surface area is 159 Å². The van der Waals surface area contributed by atoms with Crippen LogP contribution in [0.15, 0.2) is 40.8 Å². The van der Waals surface area contributed by atoms with Gasteiger partial charge in [0.15, 0.2) is 5.96 Å². The first-order valence-electron chi connectivity index (χ1n) is 9.01. The van der Waals surface area contributed by atoms with Gasteiger partial charge in [-0.15, -0.1) is 11.3 Å². The maximum atomic E-state index is 5.58. The highest BCUT2D eigenvalue weighted by Gasteiger charge is 2.20. The van der Waals surface area contributed by atoms with Crippen LogP contribution in [-0.4, -0.2) is 55.2 Å². The van der Waals surface area contributed by atoms with Gasteiger partial charge in [0.2, 0.25) is 5.88 Å². The Morgan fingerprint density at radius 3 is 2.65 bits per heavy atom. The fourth-order valence-electron chi connectivity index (χ4n) is 2.93. The number of ether oxygens (including phenoxy) is 1. The Kier molecular flexibility index (Phi) is 6.33. The second kappa shape index (κ2) is 8.89. The van der Waals surface area contributed by atoms with E-state index in [0.717, 1.165) is 37.7 Å². The van der Waals surface area contributed by atoms with Crippen molar-refractivity contribution in [2.75, 3.05) is 38.1 Å². The van der Waals surface area contributed by atoms with Crippen molar-refractivity contribution in [3.63, 3.8) is 0 Å². The molecule has 140 valence electrons. The maximum Gasteiger partial charge on any atom is 0.213 e. The minimum atomic E-state index is 0.137. The van der Waals surface area contributed by atoms with E-state index in [4.69, 9.17) is 4.74 Å². The van der Waals surface area contributed by atoms with Crippen LogP contribution in [-0.2, 0) is 6.54 Å². The molecule has 1 N–H and O–H groups in total. The van der Waals surface area contributed by atoms with Crippen molar-refractivity contribution in [2.45, 2.75) is 26.5 Å². The zero-order valence-corrected chi connectivity index (χ0v) is 16.5. The normalized spacial score (nSPS) is 15.5. The number of rotatable bonds is 5. The number of nitrogens with one attached hydrogen (secondary N) is 1. The van der Waals surface area contributed by atoms with Gasteiger partial charge in [-0.05, 0) is 36.9 Å². The standard InChI is InChI=1S/C19H27N5OS/c1-15(2)25-17-7-6-16(13-21-17)14-22-19(20-3)24-10-8-23(9-11-24)18-5-4-12-26-18/h4-7,12-13,15H,8-11,14H2,1-3H3,(H,20,22). The average Bonchev–Trinajstić information content (AvgIpc) is 3.18. The molecule has 0 aliphatic carbocycles. The van der Waals surface area contributed by atoms with Gasteiger partial charge in [0, 0.05) is 52.0 Å². The Bertz CT molecular complexity index is 691. The van der Waals surface area contributed by atoms with E-state index in [0.29, 0.717) is 12.4 Å². The van der Waals surface area contributed by atoms with E-state index >= 15 is 0 Å². The van der Waals surface area contributed by atoms with Gasteiger partial charge in [-0.1, -0.05) is 6.07 Å². The number of aliphatic imine (C=N–C) groups is 1. The molecule has 0 atom stereocenters. The van der Waals surface area contributed by atoms with Gasteiger partial charge in [0.25, 0.3) is 0 Å². The summed E-state index contributed by atoms with van der Waals surface area (Å²) in [6.07, 6.45) is 1.99. The molecule has 0 aromatic carbocycles. The number of hydrogen-bond donors (Lipinski definition) is 1. The molecule has 0 amide bonds. The molecule has 0 spiro atoms. The molecule has 1 fully saturated rings. The lowest BCUT2D eigenvalue weighted by Crippen LogP contribution is -2.52. The van der Waals surface area contributed by atoms with E-state index in [1.54, 1.807) is 11.3 Å². The first kappa shape index (κ1) is 18.5. The Hall–Kier alpha value is -2.28. The fraction of sp³-hybridized carbons (Fsp3) is 0.474. The molecule has 3 heterocycles. The summed E-state index contributed by atoms with van der Waals surface area (Å²) >= 11 is 1.80. The topological polar surface area (TPSA) is 53.0 Å².